The Morgan fingerprint density at radius 2 is 1.47 bits per heavy atom. The first kappa shape index (κ1) is 25.5. The van der Waals surface area contributed by atoms with Crippen LogP contribution < -0.4 is 9.62 Å². The van der Waals surface area contributed by atoms with Crippen LogP contribution in [0.1, 0.15) is 5.56 Å². The highest BCUT2D eigenvalue weighted by atomic mass is 35.5. The van der Waals surface area contributed by atoms with Gasteiger partial charge in [-0.1, -0.05) is 77.8 Å². The van der Waals surface area contributed by atoms with Crippen LogP contribution >= 0.6 is 23.2 Å². The number of rotatable bonds is 8. The minimum atomic E-state index is -4.37. The first-order chi connectivity index (χ1) is 17.1. The fourth-order valence-corrected chi connectivity index (χ4v) is 5.98. The summed E-state index contributed by atoms with van der Waals surface area (Å²) in [6.45, 7) is -0.837. The lowest BCUT2D eigenvalue weighted by molar-refractivity contribution is -0.135. The van der Waals surface area contributed by atoms with Gasteiger partial charge in [0.1, 0.15) is 6.54 Å². The molecule has 1 amide bonds. The van der Waals surface area contributed by atoms with Crippen molar-refractivity contribution < 1.29 is 23.1 Å². The number of carbonyl (C=O) groups excluding carboxylic acids is 1. The molecule has 36 heavy (non-hydrogen) atoms. The molecular weight excluding hydrogens is 523 g/mol. The number of benzene rings is 4. The van der Waals surface area contributed by atoms with Crippen molar-refractivity contribution in [3.8, 4) is 0 Å². The number of halogens is 2. The molecule has 184 valence electrons. The Kier molecular flexibility index (Phi) is 7.49. The maximum absolute atomic E-state index is 13.6. The van der Waals surface area contributed by atoms with Crippen LogP contribution in [0.5, 0.6) is 0 Å². The molecular formula is C26H20Cl2N2O5S. The van der Waals surface area contributed by atoms with Gasteiger partial charge in [-0.15, -0.1) is 0 Å². The van der Waals surface area contributed by atoms with Crippen LogP contribution in [-0.2, 0) is 26.0 Å². The largest absolute Gasteiger partial charge is 0.480 e. The first-order valence-corrected chi connectivity index (χ1v) is 12.9. The third-order valence-corrected chi connectivity index (χ3v) is 7.53. The minimum absolute atomic E-state index is 0.0951. The average molecular weight is 543 g/mol. The van der Waals surface area contributed by atoms with Crippen molar-refractivity contribution in [2.75, 3.05) is 16.2 Å². The highest BCUT2D eigenvalue weighted by Gasteiger charge is 2.29. The summed E-state index contributed by atoms with van der Waals surface area (Å²) in [6.07, 6.45) is 0.159. The summed E-state index contributed by atoms with van der Waals surface area (Å²) in [6, 6.07) is 22.9. The smallest absolute Gasteiger partial charge is 0.324 e. The molecule has 0 atom stereocenters. The standard InChI is InChI=1S/C26H20Cl2N2O5S/c27-18-13-19(28)15-20(14-18)36(34,35)30(16-26(32)33)24-11-5-8-21-22(24)9-4-10-23(21)29-25(31)12-17-6-2-1-3-7-17/h1-11,13-15H,12,16H2,(H,29,31)(H,32,33). The number of carbonyl (C=O) groups is 2. The third kappa shape index (κ3) is 5.62. The monoisotopic (exact) mass is 542 g/mol. The van der Waals surface area contributed by atoms with Crippen molar-refractivity contribution in [2.24, 2.45) is 0 Å². The second-order valence-electron chi connectivity index (χ2n) is 7.90. The lowest BCUT2D eigenvalue weighted by Crippen LogP contribution is -2.36. The molecule has 0 unspecified atom stereocenters. The van der Waals surface area contributed by atoms with E-state index in [2.05, 4.69) is 5.32 Å². The quantitative estimate of drug-likeness (QED) is 0.301. The molecule has 0 saturated carbocycles. The molecule has 4 aromatic carbocycles. The van der Waals surface area contributed by atoms with Crippen LogP contribution in [0, 0.1) is 0 Å². The molecule has 0 spiro atoms. The van der Waals surface area contributed by atoms with E-state index in [1.807, 2.05) is 30.3 Å². The lowest BCUT2D eigenvalue weighted by atomic mass is 10.1. The second-order valence-corrected chi connectivity index (χ2v) is 10.6. The van der Waals surface area contributed by atoms with Gasteiger partial charge in [0.2, 0.25) is 5.91 Å². The van der Waals surface area contributed by atoms with E-state index in [0.717, 1.165) is 9.87 Å². The summed E-state index contributed by atoms with van der Waals surface area (Å²) in [5.74, 6) is -1.60. The fourth-order valence-electron chi connectivity index (χ4n) is 3.82. The van der Waals surface area contributed by atoms with Gasteiger partial charge >= 0.3 is 5.97 Å². The summed E-state index contributed by atoms with van der Waals surface area (Å²) in [7, 11) is -4.37. The molecule has 0 aromatic heterocycles. The van der Waals surface area contributed by atoms with Gasteiger partial charge in [-0.25, -0.2) is 8.42 Å². The number of amides is 1. The molecule has 0 heterocycles. The molecule has 4 rings (SSSR count). The maximum Gasteiger partial charge on any atom is 0.324 e. The zero-order valence-corrected chi connectivity index (χ0v) is 21.0. The molecule has 0 saturated heterocycles. The van der Waals surface area contributed by atoms with Crippen LogP contribution in [0.15, 0.2) is 89.8 Å². The number of carboxylic acid groups (broad SMARTS) is 1. The number of aliphatic carboxylic acids is 1. The zero-order chi connectivity index (χ0) is 25.9. The van der Waals surface area contributed by atoms with E-state index in [1.165, 1.54) is 24.3 Å². The van der Waals surface area contributed by atoms with Crippen LogP contribution in [0.25, 0.3) is 10.8 Å². The summed E-state index contributed by atoms with van der Waals surface area (Å²) in [5.41, 5.74) is 1.44. The molecule has 0 fully saturated rings. The minimum Gasteiger partial charge on any atom is -0.480 e. The first-order valence-electron chi connectivity index (χ1n) is 10.7. The number of anilines is 2. The summed E-state index contributed by atoms with van der Waals surface area (Å²) in [4.78, 5) is 24.1. The Labute approximate surface area is 217 Å². The van der Waals surface area contributed by atoms with E-state index in [4.69, 9.17) is 23.2 Å². The lowest BCUT2D eigenvalue weighted by Gasteiger charge is -2.25. The number of hydrogen-bond acceptors (Lipinski definition) is 4. The van der Waals surface area contributed by atoms with Crippen molar-refractivity contribution in [2.45, 2.75) is 11.3 Å². The molecule has 7 nitrogen and oxygen atoms in total. The molecule has 0 radical (unpaired) electrons. The molecule has 10 heteroatoms. The van der Waals surface area contributed by atoms with Gasteiger partial charge in [0, 0.05) is 26.5 Å². The van der Waals surface area contributed by atoms with Crippen LogP contribution in [0.3, 0.4) is 0 Å². The molecule has 4 aromatic rings. The number of nitrogens with one attached hydrogen (secondary N) is 1. The van der Waals surface area contributed by atoms with E-state index in [9.17, 15) is 23.1 Å². The normalized spacial score (nSPS) is 11.3. The number of hydrogen-bond donors (Lipinski definition) is 2. The van der Waals surface area contributed by atoms with Gasteiger partial charge in [-0.2, -0.15) is 0 Å². The summed E-state index contributed by atoms with van der Waals surface area (Å²) in [5, 5.41) is 13.6. The van der Waals surface area contributed by atoms with Crippen molar-refractivity contribution >= 4 is 67.2 Å². The second kappa shape index (κ2) is 10.6. The van der Waals surface area contributed by atoms with E-state index >= 15 is 0 Å². The van der Waals surface area contributed by atoms with E-state index in [0.29, 0.717) is 16.5 Å². The zero-order valence-electron chi connectivity index (χ0n) is 18.7. The Balaban J connectivity index is 1.77. The van der Waals surface area contributed by atoms with E-state index in [1.54, 1.807) is 30.3 Å². The molecule has 0 aliphatic carbocycles. The van der Waals surface area contributed by atoms with Gasteiger partial charge in [0.15, 0.2) is 0 Å². The Hall–Kier alpha value is -3.59. The Morgan fingerprint density at radius 3 is 2.14 bits per heavy atom. The fraction of sp³-hybridized carbons (Fsp3) is 0.0769. The van der Waals surface area contributed by atoms with Crippen molar-refractivity contribution in [1.82, 2.24) is 0 Å². The molecule has 0 aliphatic heterocycles. The Bertz CT molecular complexity index is 1540. The van der Waals surface area contributed by atoms with Crippen LogP contribution in [0.4, 0.5) is 11.4 Å². The van der Waals surface area contributed by atoms with Crippen molar-refractivity contribution in [1.29, 1.82) is 0 Å². The van der Waals surface area contributed by atoms with Gasteiger partial charge in [-0.3, -0.25) is 13.9 Å². The predicted octanol–water partition coefficient (Wildman–Crippen LogP) is 5.61. The highest BCUT2D eigenvalue weighted by molar-refractivity contribution is 7.92. The SMILES string of the molecule is O=C(O)CN(c1cccc2c(NC(=O)Cc3ccccc3)cccc12)S(=O)(=O)c1cc(Cl)cc(Cl)c1. The van der Waals surface area contributed by atoms with Gasteiger partial charge in [0.05, 0.1) is 17.0 Å². The third-order valence-electron chi connectivity index (χ3n) is 5.35. The van der Waals surface area contributed by atoms with Gasteiger partial charge in [-0.05, 0) is 35.9 Å². The van der Waals surface area contributed by atoms with E-state index < -0.39 is 22.5 Å². The molecule has 0 bridgehead atoms. The topological polar surface area (TPSA) is 104 Å². The van der Waals surface area contributed by atoms with Crippen molar-refractivity contribution in [3.63, 3.8) is 0 Å². The van der Waals surface area contributed by atoms with Gasteiger partial charge < -0.3 is 10.4 Å². The van der Waals surface area contributed by atoms with Crippen molar-refractivity contribution in [3.05, 3.63) is 101 Å². The van der Waals surface area contributed by atoms with E-state index in [-0.39, 0.29) is 33.0 Å². The average Bonchev–Trinajstić information content (AvgIpc) is 2.82. The van der Waals surface area contributed by atoms with Crippen LogP contribution in [-0.4, -0.2) is 31.9 Å². The summed E-state index contributed by atoms with van der Waals surface area (Å²) < 4.78 is 27.9. The van der Waals surface area contributed by atoms with Crippen LogP contribution in [0.2, 0.25) is 10.0 Å². The predicted molar refractivity (Wildman–Crippen MR) is 141 cm³/mol. The highest BCUT2D eigenvalue weighted by Crippen LogP contribution is 2.35. The van der Waals surface area contributed by atoms with Gasteiger partial charge in [0.25, 0.3) is 10.0 Å². The number of carboxylic acids is 1. The number of nitrogens with zero attached hydrogens (tertiary/aromatic N) is 1. The Morgan fingerprint density at radius 1 is 0.833 bits per heavy atom. The molecule has 0 aliphatic rings. The number of sulfonamides is 1. The maximum atomic E-state index is 13.6. The molecule has 2 N–H and O–H groups in total. The summed E-state index contributed by atoms with van der Waals surface area (Å²) >= 11 is 12.0. The number of fused-ring (bicyclic) bond motifs is 1.